The summed E-state index contributed by atoms with van der Waals surface area (Å²) in [7, 11) is 1.73. The average Bonchev–Trinajstić information content (AvgIpc) is 2.37. The number of halogens is 1. The molecule has 2 aromatic rings. The lowest BCUT2D eigenvalue weighted by Crippen LogP contribution is -2.18. The number of phenolic OH excluding ortho intramolecular Hbond substituents is 1. The Morgan fingerprint density at radius 2 is 1.95 bits per heavy atom. The first kappa shape index (κ1) is 14.8. The monoisotopic (exact) mass is 289 g/mol. The van der Waals surface area contributed by atoms with Crippen molar-refractivity contribution in [2.45, 2.75) is 13.5 Å². The summed E-state index contributed by atoms with van der Waals surface area (Å²) in [6, 6.07) is 9.03. The van der Waals surface area contributed by atoms with Gasteiger partial charge in [-0.3, -0.25) is 0 Å². The maximum atomic E-state index is 13.8. The number of aryl methyl sites for hydroxylation is 1. The molecule has 5 heteroatoms. The van der Waals surface area contributed by atoms with Gasteiger partial charge in [0.2, 0.25) is 0 Å². The van der Waals surface area contributed by atoms with Gasteiger partial charge in [-0.1, -0.05) is 12.1 Å². The van der Waals surface area contributed by atoms with Crippen LogP contribution < -0.4 is 4.90 Å². The minimum absolute atomic E-state index is 0.119. The number of nitrogens with zero attached hydrogens (tertiary/aromatic N) is 1. The van der Waals surface area contributed by atoms with Crippen molar-refractivity contribution in [1.29, 1.82) is 0 Å². The summed E-state index contributed by atoms with van der Waals surface area (Å²) < 4.78 is 13.8. The lowest BCUT2D eigenvalue weighted by Gasteiger charge is -2.20. The zero-order valence-electron chi connectivity index (χ0n) is 11.8. The number of phenols is 1. The molecule has 2 N–H and O–H groups in total. The lowest BCUT2D eigenvalue weighted by molar-refractivity contribution is 0.0696. The molecule has 0 saturated heterocycles. The van der Waals surface area contributed by atoms with Gasteiger partial charge in [-0.25, -0.2) is 9.18 Å². The van der Waals surface area contributed by atoms with E-state index >= 15 is 0 Å². The second-order valence-electron chi connectivity index (χ2n) is 4.95. The number of hydrogen-bond donors (Lipinski definition) is 2. The fraction of sp³-hybridized carbons (Fsp3) is 0.188. The molecule has 0 aliphatic rings. The van der Waals surface area contributed by atoms with E-state index in [0.717, 1.165) is 11.6 Å². The third-order valence-corrected chi connectivity index (χ3v) is 3.28. The molecule has 0 aromatic heterocycles. The van der Waals surface area contributed by atoms with Crippen molar-refractivity contribution in [3.05, 3.63) is 58.9 Å². The van der Waals surface area contributed by atoms with Gasteiger partial charge < -0.3 is 15.1 Å². The zero-order valence-corrected chi connectivity index (χ0v) is 11.8. The van der Waals surface area contributed by atoms with E-state index in [2.05, 4.69) is 0 Å². The predicted molar refractivity (Wildman–Crippen MR) is 78.3 cm³/mol. The van der Waals surface area contributed by atoms with Crippen LogP contribution in [0.25, 0.3) is 0 Å². The average molecular weight is 289 g/mol. The second kappa shape index (κ2) is 5.83. The first-order valence-electron chi connectivity index (χ1n) is 6.41. The molecule has 0 fully saturated rings. The van der Waals surface area contributed by atoms with Gasteiger partial charge in [0.25, 0.3) is 0 Å². The Hall–Kier alpha value is -2.56. The third-order valence-electron chi connectivity index (χ3n) is 3.28. The summed E-state index contributed by atoms with van der Waals surface area (Å²) in [5.41, 5.74) is 2.18. The number of carboxylic acid groups (broad SMARTS) is 1. The maximum absolute atomic E-state index is 13.8. The van der Waals surface area contributed by atoms with Gasteiger partial charge in [-0.15, -0.1) is 0 Å². The van der Waals surface area contributed by atoms with Crippen LogP contribution in [0, 0.1) is 12.7 Å². The highest BCUT2D eigenvalue weighted by atomic mass is 19.1. The molecule has 4 nitrogen and oxygen atoms in total. The summed E-state index contributed by atoms with van der Waals surface area (Å²) >= 11 is 0. The molecule has 21 heavy (non-hydrogen) atoms. The largest absolute Gasteiger partial charge is 0.508 e. The SMILES string of the molecule is Cc1cc(CN(C)c2ccc(O)cc2F)ccc1C(=O)O. The molecule has 2 rings (SSSR count). The van der Waals surface area contributed by atoms with Crippen LogP contribution in [0.3, 0.4) is 0 Å². The number of benzene rings is 2. The number of hydrogen-bond acceptors (Lipinski definition) is 3. The molecule has 110 valence electrons. The summed E-state index contributed by atoms with van der Waals surface area (Å²) in [4.78, 5) is 12.7. The zero-order chi connectivity index (χ0) is 15.6. The first-order chi connectivity index (χ1) is 9.88. The summed E-state index contributed by atoms with van der Waals surface area (Å²) in [6.07, 6.45) is 0. The fourth-order valence-corrected chi connectivity index (χ4v) is 2.23. The highest BCUT2D eigenvalue weighted by molar-refractivity contribution is 5.89. The molecule has 0 atom stereocenters. The van der Waals surface area contributed by atoms with Crippen molar-refractivity contribution in [1.82, 2.24) is 0 Å². The van der Waals surface area contributed by atoms with E-state index < -0.39 is 11.8 Å². The topological polar surface area (TPSA) is 60.8 Å². The van der Waals surface area contributed by atoms with Gasteiger partial charge >= 0.3 is 5.97 Å². The van der Waals surface area contributed by atoms with Gasteiger partial charge in [-0.2, -0.15) is 0 Å². The normalized spacial score (nSPS) is 10.4. The van der Waals surface area contributed by atoms with Crippen LogP contribution in [0.5, 0.6) is 5.75 Å². The van der Waals surface area contributed by atoms with Gasteiger partial charge in [0.1, 0.15) is 11.6 Å². The molecule has 0 bridgehead atoms. The third kappa shape index (κ3) is 3.31. The Bertz CT molecular complexity index is 685. The molecule has 0 aliphatic heterocycles. The van der Waals surface area contributed by atoms with Gasteiger partial charge in [0.05, 0.1) is 11.3 Å². The Balaban J connectivity index is 2.21. The number of aromatic hydroxyl groups is 1. The number of aromatic carboxylic acids is 1. The Morgan fingerprint density at radius 1 is 1.24 bits per heavy atom. The van der Waals surface area contributed by atoms with Gasteiger partial charge in [-0.05, 0) is 36.2 Å². The number of rotatable bonds is 4. The standard InChI is InChI=1S/C16H16FNO3/c1-10-7-11(3-5-13(10)16(20)21)9-18(2)15-6-4-12(19)8-14(15)17/h3-8,19H,9H2,1-2H3,(H,20,21). The van der Waals surface area contributed by atoms with E-state index in [0.29, 0.717) is 17.8 Å². The molecule has 0 heterocycles. The van der Waals surface area contributed by atoms with Crippen LogP contribution in [0.15, 0.2) is 36.4 Å². The van der Waals surface area contributed by atoms with Crippen molar-refractivity contribution in [2.24, 2.45) is 0 Å². The van der Waals surface area contributed by atoms with Crippen LogP contribution in [0.1, 0.15) is 21.5 Å². The van der Waals surface area contributed by atoms with Crippen molar-refractivity contribution in [3.63, 3.8) is 0 Å². The van der Waals surface area contributed by atoms with E-state index in [1.165, 1.54) is 12.1 Å². The number of carbonyl (C=O) groups is 1. The first-order valence-corrected chi connectivity index (χ1v) is 6.41. The Morgan fingerprint density at radius 3 is 2.52 bits per heavy atom. The quantitative estimate of drug-likeness (QED) is 0.907. The molecular formula is C16H16FNO3. The van der Waals surface area contributed by atoms with Crippen LogP contribution in [-0.4, -0.2) is 23.2 Å². The minimum Gasteiger partial charge on any atom is -0.508 e. The van der Waals surface area contributed by atoms with E-state index in [-0.39, 0.29) is 11.3 Å². The van der Waals surface area contributed by atoms with Crippen LogP contribution in [0.2, 0.25) is 0 Å². The molecule has 0 aliphatic carbocycles. The summed E-state index contributed by atoms with van der Waals surface area (Å²) in [5.74, 6) is -1.58. The molecule has 0 unspecified atom stereocenters. The number of carboxylic acids is 1. The van der Waals surface area contributed by atoms with Crippen molar-refractivity contribution < 1.29 is 19.4 Å². The van der Waals surface area contributed by atoms with Crippen molar-refractivity contribution in [2.75, 3.05) is 11.9 Å². The Kier molecular flexibility index (Phi) is 4.12. The van der Waals surface area contributed by atoms with Crippen molar-refractivity contribution >= 4 is 11.7 Å². The van der Waals surface area contributed by atoms with E-state index in [9.17, 15) is 14.3 Å². The summed E-state index contributed by atoms with van der Waals surface area (Å²) in [5, 5.41) is 18.2. The second-order valence-corrected chi connectivity index (χ2v) is 4.95. The highest BCUT2D eigenvalue weighted by Crippen LogP contribution is 2.24. The van der Waals surface area contributed by atoms with Crippen molar-refractivity contribution in [3.8, 4) is 5.75 Å². The molecule has 0 saturated carbocycles. The van der Waals surface area contributed by atoms with Crippen LogP contribution in [-0.2, 0) is 6.54 Å². The molecule has 2 aromatic carbocycles. The molecule has 0 radical (unpaired) electrons. The van der Waals surface area contributed by atoms with E-state index in [1.807, 2.05) is 0 Å². The smallest absolute Gasteiger partial charge is 0.335 e. The molecule has 0 spiro atoms. The predicted octanol–water partition coefficient (Wildman–Crippen LogP) is 3.17. The summed E-state index contributed by atoms with van der Waals surface area (Å²) in [6.45, 7) is 2.16. The molecule has 0 amide bonds. The highest BCUT2D eigenvalue weighted by Gasteiger charge is 2.11. The number of anilines is 1. The fourth-order valence-electron chi connectivity index (χ4n) is 2.23. The Labute approximate surface area is 122 Å². The van der Waals surface area contributed by atoms with Gasteiger partial charge in [0.15, 0.2) is 0 Å². The van der Waals surface area contributed by atoms with Gasteiger partial charge in [0, 0.05) is 19.7 Å². The lowest BCUT2D eigenvalue weighted by atomic mass is 10.0. The van der Waals surface area contributed by atoms with Crippen LogP contribution >= 0.6 is 0 Å². The minimum atomic E-state index is -0.961. The van der Waals surface area contributed by atoms with Crippen LogP contribution in [0.4, 0.5) is 10.1 Å². The molecular weight excluding hydrogens is 273 g/mol. The van der Waals surface area contributed by atoms with E-state index in [1.54, 1.807) is 37.1 Å². The van der Waals surface area contributed by atoms with E-state index in [4.69, 9.17) is 5.11 Å². The maximum Gasteiger partial charge on any atom is 0.335 e.